The lowest BCUT2D eigenvalue weighted by molar-refractivity contribution is 0.0694. The van der Waals surface area contributed by atoms with Crippen LogP contribution in [0.25, 0.3) is 0 Å². The van der Waals surface area contributed by atoms with E-state index in [1.165, 1.54) is 0 Å². The van der Waals surface area contributed by atoms with Crippen LogP contribution < -0.4 is 4.74 Å². The Balaban J connectivity index is 2.08. The second kappa shape index (κ2) is 5.56. The normalized spacial score (nSPS) is 10.4. The molecule has 2 rings (SSSR count). The van der Waals surface area contributed by atoms with Crippen LogP contribution in [0.1, 0.15) is 27.4 Å². The van der Waals surface area contributed by atoms with Crippen LogP contribution in [0, 0.1) is 6.92 Å². The summed E-state index contributed by atoms with van der Waals surface area (Å²) in [6.45, 7) is 1.60. The Morgan fingerprint density at radius 3 is 2.58 bits per heavy atom. The second-order valence-electron chi connectivity index (χ2n) is 4.21. The van der Waals surface area contributed by atoms with Crippen LogP contribution in [-0.2, 0) is 12.8 Å². The summed E-state index contributed by atoms with van der Waals surface area (Å²) in [4.78, 5) is 11.1. The van der Waals surface area contributed by atoms with Gasteiger partial charge < -0.3 is 14.4 Å². The summed E-state index contributed by atoms with van der Waals surface area (Å²) in [5.41, 5.74) is 1.76. The number of rotatable bonds is 5. The van der Waals surface area contributed by atoms with Crippen LogP contribution in [-0.4, -0.2) is 23.3 Å². The van der Waals surface area contributed by atoms with Gasteiger partial charge in [0.25, 0.3) is 0 Å². The Labute approximate surface area is 110 Å². The number of aromatic nitrogens is 1. The number of aryl methyl sites for hydroxylation is 3. The summed E-state index contributed by atoms with van der Waals surface area (Å²) < 4.78 is 10.0. The molecule has 0 aliphatic carbocycles. The zero-order valence-corrected chi connectivity index (χ0v) is 10.8. The molecule has 5 heteroatoms. The van der Waals surface area contributed by atoms with Gasteiger partial charge >= 0.3 is 5.97 Å². The second-order valence-corrected chi connectivity index (χ2v) is 4.21. The number of nitrogens with zero attached hydrogens (tertiary/aromatic N) is 1. The first-order chi connectivity index (χ1) is 9.11. The molecule has 1 N–H and O–H groups in total. The summed E-state index contributed by atoms with van der Waals surface area (Å²) in [5.74, 6) is 0.146. The van der Waals surface area contributed by atoms with Gasteiger partial charge in [0.2, 0.25) is 0 Å². The molecule has 0 saturated heterocycles. The van der Waals surface area contributed by atoms with Gasteiger partial charge in [0, 0.05) is 0 Å². The van der Waals surface area contributed by atoms with Crippen LogP contribution in [0.4, 0.5) is 0 Å². The molecule has 100 valence electrons. The summed E-state index contributed by atoms with van der Waals surface area (Å²) in [6, 6.07) is 7.65. The highest BCUT2D eigenvalue weighted by atomic mass is 16.5. The van der Waals surface area contributed by atoms with E-state index in [2.05, 4.69) is 5.16 Å². The molecule has 1 aromatic heterocycles. The van der Waals surface area contributed by atoms with Gasteiger partial charge in [-0.2, -0.15) is 0 Å². The van der Waals surface area contributed by atoms with Crippen molar-refractivity contribution in [3.05, 3.63) is 46.8 Å². The minimum absolute atomic E-state index is 0.175. The molecular formula is C14H15NO4. The smallest absolute Gasteiger partial charge is 0.341 e. The van der Waals surface area contributed by atoms with Crippen molar-refractivity contribution < 1.29 is 19.2 Å². The van der Waals surface area contributed by atoms with E-state index in [9.17, 15) is 4.79 Å². The van der Waals surface area contributed by atoms with Gasteiger partial charge in [0.05, 0.1) is 12.8 Å². The van der Waals surface area contributed by atoms with E-state index in [0.29, 0.717) is 24.3 Å². The van der Waals surface area contributed by atoms with Crippen molar-refractivity contribution >= 4 is 5.97 Å². The van der Waals surface area contributed by atoms with E-state index >= 15 is 0 Å². The van der Waals surface area contributed by atoms with E-state index in [1.807, 2.05) is 24.3 Å². The van der Waals surface area contributed by atoms with Crippen molar-refractivity contribution in [1.29, 1.82) is 0 Å². The van der Waals surface area contributed by atoms with Crippen molar-refractivity contribution in [3.63, 3.8) is 0 Å². The molecule has 0 spiro atoms. The van der Waals surface area contributed by atoms with Gasteiger partial charge in [-0.05, 0) is 37.5 Å². The number of hydrogen-bond donors (Lipinski definition) is 1. The maximum absolute atomic E-state index is 11.1. The summed E-state index contributed by atoms with van der Waals surface area (Å²) in [5, 5.41) is 12.9. The number of hydrogen-bond acceptors (Lipinski definition) is 4. The average Bonchev–Trinajstić information content (AvgIpc) is 2.78. The standard InChI is InChI=1S/C14H15NO4/c1-9-13(14(16)17)12(15-19-9)8-5-10-3-6-11(18-2)7-4-10/h3-4,6-7H,5,8H2,1-2H3,(H,16,17). The molecule has 2 aromatic rings. The third-order valence-electron chi connectivity index (χ3n) is 2.96. The molecule has 0 amide bonds. The Morgan fingerprint density at radius 1 is 1.32 bits per heavy atom. The van der Waals surface area contributed by atoms with Crippen LogP contribution >= 0.6 is 0 Å². The Kier molecular flexibility index (Phi) is 3.85. The van der Waals surface area contributed by atoms with E-state index < -0.39 is 5.97 Å². The molecule has 19 heavy (non-hydrogen) atoms. The fraction of sp³-hybridized carbons (Fsp3) is 0.286. The highest BCUT2D eigenvalue weighted by Crippen LogP contribution is 2.17. The van der Waals surface area contributed by atoms with E-state index in [4.69, 9.17) is 14.4 Å². The highest BCUT2D eigenvalue weighted by molar-refractivity contribution is 5.89. The monoisotopic (exact) mass is 261 g/mol. The number of methoxy groups -OCH3 is 1. The first-order valence-corrected chi connectivity index (χ1v) is 5.93. The van der Waals surface area contributed by atoms with Gasteiger partial charge in [-0.25, -0.2) is 4.79 Å². The maximum atomic E-state index is 11.1. The zero-order valence-electron chi connectivity index (χ0n) is 10.8. The fourth-order valence-corrected chi connectivity index (χ4v) is 1.92. The maximum Gasteiger partial charge on any atom is 0.341 e. The minimum Gasteiger partial charge on any atom is -0.497 e. The van der Waals surface area contributed by atoms with Gasteiger partial charge in [-0.15, -0.1) is 0 Å². The molecule has 0 atom stereocenters. The molecule has 0 unspecified atom stereocenters. The topological polar surface area (TPSA) is 72.6 Å². The lowest BCUT2D eigenvalue weighted by Crippen LogP contribution is -2.03. The summed E-state index contributed by atoms with van der Waals surface area (Å²) >= 11 is 0. The molecular weight excluding hydrogens is 246 g/mol. The van der Waals surface area contributed by atoms with E-state index in [-0.39, 0.29) is 5.56 Å². The Bertz CT molecular complexity index is 572. The zero-order chi connectivity index (χ0) is 13.8. The molecule has 0 radical (unpaired) electrons. The van der Waals surface area contributed by atoms with Crippen molar-refractivity contribution in [2.45, 2.75) is 19.8 Å². The van der Waals surface area contributed by atoms with Gasteiger partial charge in [-0.3, -0.25) is 0 Å². The molecule has 0 saturated carbocycles. The number of carboxylic acids is 1. The third-order valence-corrected chi connectivity index (χ3v) is 2.96. The number of carbonyl (C=O) groups is 1. The molecule has 0 fully saturated rings. The first kappa shape index (κ1) is 13.1. The predicted octanol–water partition coefficient (Wildman–Crippen LogP) is 2.48. The largest absolute Gasteiger partial charge is 0.497 e. The van der Waals surface area contributed by atoms with Crippen molar-refractivity contribution in [2.24, 2.45) is 0 Å². The van der Waals surface area contributed by atoms with Crippen LogP contribution in [0.2, 0.25) is 0 Å². The number of carboxylic acid groups (broad SMARTS) is 1. The van der Waals surface area contributed by atoms with Crippen LogP contribution in [0.15, 0.2) is 28.8 Å². The van der Waals surface area contributed by atoms with Gasteiger partial charge in [0.1, 0.15) is 17.1 Å². The van der Waals surface area contributed by atoms with Crippen molar-refractivity contribution in [1.82, 2.24) is 5.16 Å². The minimum atomic E-state index is -0.997. The summed E-state index contributed by atoms with van der Waals surface area (Å²) in [7, 11) is 1.62. The number of ether oxygens (including phenoxy) is 1. The lowest BCUT2D eigenvalue weighted by atomic mass is 10.0. The van der Waals surface area contributed by atoms with Crippen molar-refractivity contribution in [2.75, 3.05) is 7.11 Å². The Morgan fingerprint density at radius 2 is 2.00 bits per heavy atom. The number of aromatic carboxylic acids is 1. The van der Waals surface area contributed by atoms with Gasteiger partial charge in [-0.1, -0.05) is 17.3 Å². The SMILES string of the molecule is COc1ccc(CCc2noc(C)c2C(=O)O)cc1. The lowest BCUT2D eigenvalue weighted by Gasteiger charge is -2.02. The third kappa shape index (κ3) is 2.93. The predicted molar refractivity (Wildman–Crippen MR) is 68.6 cm³/mol. The number of benzene rings is 1. The first-order valence-electron chi connectivity index (χ1n) is 5.93. The average molecular weight is 261 g/mol. The molecule has 5 nitrogen and oxygen atoms in total. The fourth-order valence-electron chi connectivity index (χ4n) is 1.92. The highest BCUT2D eigenvalue weighted by Gasteiger charge is 2.18. The molecule has 1 heterocycles. The Hall–Kier alpha value is -2.30. The molecule has 0 aliphatic rings. The van der Waals surface area contributed by atoms with Crippen molar-refractivity contribution in [3.8, 4) is 5.75 Å². The molecule has 1 aromatic carbocycles. The quantitative estimate of drug-likeness (QED) is 0.895. The van der Waals surface area contributed by atoms with Gasteiger partial charge in [0.15, 0.2) is 0 Å². The van der Waals surface area contributed by atoms with E-state index in [1.54, 1.807) is 14.0 Å². The van der Waals surface area contributed by atoms with E-state index in [0.717, 1.165) is 11.3 Å². The van der Waals surface area contributed by atoms with Crippen LogP contribution in [0.3, 0.4) is 0 Å². The molecule has 0 bridgehead atoms. The summed E-state index contributed by atoms with van der Waals surface area (Å²) in [6.07, 6.45) is 1.24. The van der Waals surface area contributed by atoms with Crippen LogP contribution in [0.5, 0.6) is 5.75 Å². The molecule has 0 aliphatic heterocycles.